The van der Waals surface area contributed by atoms with Crippen molar-refractivity contribution in [2.24, 2.45) is 0 Å². The quantitative estimate of drug-likeness (QED) is 0.484. The molecule has 8 heteroatoms. The second-order valence-electron chi connectivity index (χ2n) is 9.03. The predicted molar refractivity (Wildman–Crippen MR) is 132 cm³/mol. The van der Waals surface area contributed by atoms with Gasteiger partial charge in [-0.05, 0) is 61.9 Å². The first-order valence-corrected chi connectivity index (χ1v) is 11.9. The number of carbonyl (C=O) groups excluding carboxylic acids is 1. The summed E-state index contributed by atoms with van der Waals surface area (Å²) in [6, 6.07) is 16.0. The molecule has 2 N–H and O–H groups in total. The number of hydrogen-bond donors (Lipinski definition) is 2. The number of benzene rings is 1. The van der Waals surface area contributed by atoms with Crippen LogP contribution in [0.2, 0.25) is 0 Å². The van der Waals surface area contributed by atoms with Gasteiger partial charge in [0.05, 0.1) is 11.4 Å². The second-order valence-corrected chi connectivity index (χ2v) is 9.03. The molecule has 2 aliphatic heterocycles. The van der Waals surface area contributed by atoms with E-state index in [1.165, 1.54) is 25.8 Å². The number of carbonyl (C=O) groups is 1. The van der Waals surface area contributed by atoms with E-state index >= 15 is 0 Å². The first-order chi connectivity index (χ1) is 16.7. The predicted octanol–water partition coefficient (Wildman–Crippen LogP) is 4.07. The summed E-state index contributed by atoms with van der Waals surface area (Å²) in [5.74, 6) is 0.585. The molecular weight excluding hydrogens is 426 g/mol. The van der Waals surface area contributed by atoms with Gasteiger partial charge in [-0.3, -0.25) is 14.7 Å². The summed E-state index contributed by atoms with van der Waals surface area (Å²) >= 11 is 0. The van der Waals surface area contributed by atoms with Crippen LogP contribution in [0.1, 0.15) is 29.8 Å². The fourth-order valence-corrected chi connectivity index (χ4v) is 5.04. The molecule has 2 fully saturated rings. The van der Waals surface area contributed by atoms with Gasteiger partial charge in [-0.2, -0.15) is 0 Å². The monoisotopic (exact) mass is 453 g/mol. The average Bonchev–Trinajstić information content (AvgIpc) is 3.32. The Bertz CT molecular complexity index is 1320. The van der Waals surface area contributed by atoms with E-state index in [0.717, 1.165) is 47.6 Å². The number of piperazine rings is 1. The zero-order chi connectivity index (χ0) is 22.9. The van der Waals surface area contributed by atoms with E-state index < -0.39 is 0 Å². The second kappa shape index (κ2) is 8.87. The molecule has 8 nitrogen and oxygen atoms in total. The maximum Gasteiger partial charge on any atom is 0.270 e. The lowest BCUT2D eigenvalue weighted by atomic mass is 9.99. The zero-order valence-corrected chi connectivity index (χ0v) is 18.9. The third-order valence-corrected chi connectivity index (χ3v) is 6.81. The van der Waals surface area contributed by atoms with Crippen LogP contribution >= 0.6 is 0 Å². The van der Waals surface area contributed by atoms with Crippen LogP contribution in [0.4, 0.5) is 11.6 Å². The number of piperidine rings is 1. The van der Waals surface area contributed by atoms with E-state index in [1.54, 1.807) is 12.4 Å². The van der Waals surface area contributed by atoms with Crippen molar-refractivity contribution in [1.82, 2.24) is 29.7 Å². The van der Waals surface area contributed by atoms with Crippen LogP contribution in [0.15, 0.2) is 60.9 Å². The number of hydrogen-bond acceptors (Lipinski definition) is 6. The van der Waals surface area contributed by atoms with Gasteiger partial charge in [-0.15, -0.1) is 0 Å². The Balaban J connectivity index is 1.19. The first-order valence-electron chi connectivity index (χ1n) is 11.9. The molecule has 0 saturated carbocycles. The van der Waals surface area contributed by atoms with Gasteiger partial charge in [0.1, 0.15) is 5.69 Å². The normalized spacial score (nSPS) is 18.6. The van der Waals surface area contributed by atoms with Gasteiger partial charge in [0, 0.05) is 54.7 Å². The van der Waals surface area contributed by atoms with E-state index in [0.29, 0.717) is 17.7 Å². The van der Waals surface area contributed by atoms with Crippen molar-refractivity contribution in [3.8, 4) is 11.4 Å². The highest BCUT2D eigenvalue weighted by atomic mass is 16.2. The number of aromatic amines is 1. The molecule has 0 bridgehead atoms. The van der Waals surface area contributed by atoms with E-state index in [1.807, 2.05) is 53.4 Å². The molecule has 34 heavy (non-hydrogen) atoms. The minimum Gasteiger partial charge on any atom is -0.351 e. The van der Waals surface area contributed by atoms with E-state index in [-0.39, 0.29) is 5.91 Å². The third-order valence-electron chi connectivity index (χ3n) is 6.81. The van der Waals surface area contributed by atoms with Crippen LogP contribution in [0, 0.1) is 0 Å². The van der Waals surface area contributed by atoms with Crippen molar-refractivity contribution in [2.45, 2.75) is 25.3 Å². The van der Waals surface area contributed by atoms with Gasteiger partial charge < -0.3 is 15.2 Å². The van der Waals surface area contributed by atoms with Crippen molar-refractivity contribution in [2.75, 3.05) is 31.5 Å². The summed E-state index contributed by atoms with van der Waals surface area (Å²) in [6.45, 7) is 3.76. The summed E-state index contributed by atoms with van der Waals surface area (Å²) in [6.07, 6.45) is 7.20. The van der Waals surface area contributed by atoms with Crippen LogP contribution in [-0.4, -0.2) is 67.9 Å². The molecule has 0 aliphatic carbocycles. The molecule has 1 amide bonds. The summed E-state index contributed by atoms with van der Waals surface area (Å²) < 4.78 is 0. The van der Waals surface area contributed by atoms with Crippen molar-refractivity contribution >= 4 is 28.4 Å². The van der Waals surface area contributed by atoms with Crippen LogP contribution in [0.3, 0.4) is 0 Å². The topological polar surface area (TPSA) is 90.0 Å². The molecule has 0 spiro atoms. The number of rotatable bonds is 4. The van der Waals surface area contributed by atoms with Gasteiger partial charge in [0.2, 0.25) is 5.95 Å². The van der Waals surface area contributed by atoms with Crippen molar-refractivity contribution in [3.63, 3.8) is 0 Å². The maximum atomic E-state index is 13.2. The largest absolute Gasteiger partial charge is 0.351 e. The Kier molecular flexibility index (Phi) is 5.43. The lowest BCUT2D eigenvalue weighted by Crippen LogP contribution is -2.56. The summed E-state index contributed by atoms with van der Waals surface area (Å²) in [5, 5.41) is 4.25. The minimum atomic E-state index is 0.0855. The molecule has 2 saturated heterocycles. The van der Waals surface area contributed by atoms with Gasteiger partial charge in [-0.1, -0.05) is 12.5 Å². The minimum absolute atomic E-state index is 0.0855. The SMILES string of the molecule is O=C(c1cc2cc(Nc3nccc(-c4ccccn4)n3)ccc2[nH]1)N1CCN2CCCCC2C1. The fourth-order valence-electron chi connectivity index (χ4n) is 5.04. The van der Waals surface area contributed by atoms with Gasteiger partial charge in [0.15, 0.2) is 0 Å². The number of amides is 1. The average molecular weight is 454 g/mol. The van der Waals surface area contributed by atoms with E-state index in [2.05, 4.69) is 30.2 Å². The number of anilines is 2. The lowest BCUT2D eigenvalue weighted by molar-refractivity contribution is 0.0369. The molecule has 172 valence electrons. The Hall–Kier alpha value is -3.78. The van der Waals surface area contributed by atoms with Crippen LogP contribution < -0.4 is 5.32 Å². The molecule has 1 unspecified atom stereocenters. The summed E-state index contributed by atoms with van der Waals surface area (Å²) in [7, 11) is 0. The Morgan fingerprint density at radius 1 is 0.971 bits per heavy atom. The highest BCUT2D eigenvalue weighted by Gasteiger charge is 2.31. The number of nitrogens with one attached hydrogen (secondary N) is 2. The standard InChI is InChI=1S/C26H27N7O/c34-25(33-14-13-32-12-4-2-5-20(32)17-33)24-16-18-15-19(7-8-21(18)30-24)29-26-28-11-9-23(31-26)22-6-1-3-10-27-22/h1,3,6-11,15-16,20,30H,2,4-5,12-14,17H2,(H,28,29,31). The number of aromatic nitrogens is 4. The van der Waals surface area contributed by atoms with E-state index in [4.69, 9.17) is 0 Å². The van der Waals surface area contributed by atoms with Crippen LogP contribution in [-0.2, 0) is 0 Å². The first kappa shape index (κ1) is 20.8. The number of H-pyrrole nitrogens is 1. The number of pyridine rings is 1. The lowest BCUT2D eigenvalue weighted by Gasteiger charge is -2.43. The Labute approximate surface area is 198 Å². The van der Waals surface area contributed by atoms with Crippen molar-refractivity contribution < 1.29 is 4.79 Å². The Morgan fingerprint density at radius 3 is 2.85 bits per heavy atom. The highest BCUT2D eigenvalue weighted by molar-refractivity contribution is 5.98. The molecule has 1 atom stereocenters. The van der Waals surface area contributed by atoms with Gasteiger partial charge in [-0.25, -0.2) is 9.97 Å². The van der Waals surface area contributed by atoms with Crippen LogP contribution in [0.5, 0.6) is 0 Å². The molecule has 4 aromatic rings. The number of fused-ring (bicyclic) bond motifs is 2. The smallest absolute Gasteiger partial charge is 0.270 e. The van der Waals surface area contributed by atoms with Crippen molar-refractivity contribution in [3.05, 3.63) is 66.6 Å². The van der Waals surface area contributed by atoms with Crippen molar-refractivity contribution in [1.29, 1.82) is 0 Å². The third kappa shape index (κ3) is 4.12. The molecular formula is C26H27N7O. The summed E-state index contributed by atoms with van der Waals surface area (Å²) in [4.78, 5) is 34.4. The van der Waals surface area contributed by atoms with Gasteiger partial charge >= 0.3 is 0 Å². The molecule has 3 aromatic heterocycles. The molecule has 2 aliphatic rings. The zero-order valence-electron chi connectivity index (χ0n) is 18.9. The Morgan fingerprint density at radius 2 is 1.94 bits per heavy atom. The summed E-state index contributed by atoms with van der Waals surface area (Å²) in [5.41, 5.74) is 4.00. The fraction of sp³-hybridized carbons (Fsp3) is 0.308. The molecule has 5 heterocycles. The van der Waals surface area contributed by atoms with Gasteiger partial charge in [0.25, 0.3) is 5.91 Å². The number of nitrogens with zero attached hydrogens (tertiary/aromatic N) is 5. The molecule has 6 rings (SSSR count). The maximum absolute atomic E-state index is 13.2. The van der Waals surface area contributed by atoms with E-state index in [9.17, 15) is 4.79 Å². The highest BCUT2D eigenvalue weighted by Crippen LogP contribution is 2.25. The molecule has 1 aromatic carbocycles. The molecule has 0 radical (unpaired) electrons. The van der Waals surface area contributed by atoms with Crippen LogP contribution in [0.25, 0.3) is 22.3 Å².